The van der Waals surface area contributed by atoms with Crippen LogP contribution in [-0.2, 0) is 9.59 Å². The first-order valence-electron chi connectivity index (χ1n) is 9.32. The Morgan fingerprint density at radius 1 is 1.30 bits per heavy atom. The minimum Gasteiger partial charge on any atom is -0.494 e. The third-order valence-corrected chi connectivity index (χ3v) is 5.52. The number of carbonyl (C=O) groups is 2. The Kier molecular flexibility index (Phi) is 5.62. The smallest absolute Gasteiger partial charge is 0.273 e. The van der Waals surface area contributed by atoms with Gasteiger partial charge in [0.05, 0.1) is 29.7 Å². The third-order valence-electron chi connectivity index (χ3n) is 5.52. The highest BCUT2D eigenvalue weighted by atomic mass is 16.6. The molecule has 0 aromatic heterocycles. The predicted molar refractivity (Wildman–Crippen MR) is 99.7 cm³/mol. The van der Waals surface area contributed by atoms with Gasteiger partial charge in [-0.15, -0.1) is 0 Å². The van der Waals surface area contributed by atoms with Crippen molar-refractivity contribution in [3.63, 3.8) is 0 Å². The summed E-state index contributed by atoms with van der Waals surface area (Å²) in [6.07, 6.45) is 4.32. The number of carbonyl (C=O) groups excluding carboxylic acids is 2. The normalized spacial score (nSPS) is 25.3. The average Bonchev–Trinajstić information content (AvgIpc) is 3.04. The molecule has 146 valence electrons. The minimum atomic E-state index is -0.515. The Morgan fingerprint density at radius 3 is 2.63 bits per heavy atom. The second kappa shape index (κ2) is 7.94. The molecule has 0 radical (unpaired) electrons. The van der Waals surface area contributed by atoms with Crippen LogP contribution >= 0.6 is 0 Å². The van der Waals surface area contributed by atoms with E-state index >= 15 is 0 Å². The molecule has 1 heterocycles. The van der Waals surface area contributed by atoms with Crippen molar-refractivity contribution in [1.29, 1.82) is 0 Å². The SMILES string of the molecule is COc1cc([N+](=O)[O-])ccc1N1C[C@H](C(=O)NC2CCC(C)CC2)CC1=O. The van der Waals surface area contributed by atoms with E-state index in [-0.39, 0.29) is 42.3 Å². The molecule has 0 spiro atoms. The monoisotopic (exact) mass is 375 g/mol. The quantitative estimate of drug-likeness (QED) is 0.630. The zero-order valence-corrected chi connectivity index (χ0v) is 15.6. The highest BCUT2D eigenvalue weighted by molar-refractivity contribution is 6.01. The Balaban J connectivity index is 1.68. The molecule has 1 aromatic rings. The summed E-state index contributed by atoms with van der Waals surface area (Å²) in [6, 6.07) is 4.31. The number of nitro groups is 1. The van der Waals surface area contributed by atoms with Crippen LogP contribution in [0.3, 0.4) is 0 Å². The molecule has 1 atom stereocenters. The van der Waals surface area contributed by atoms with Gasteiger partial charge in [0.2, 0.25) is 11.8 Å². The number of amides is 2. The molecular formula is C19H25N3O5. The van der Waals surface area contributed by atoms with Crippen LogP contribution in [0.25, 0.3) is 0 Å². The molecule has 2 fully saturated rings. The highest BCUT2D eigenvalue weighted by Gasteiger charge is 2.37. The van der Waals surface area contributed by atoms with E-state index in [4.69, 9.17) is 4.74 Å². The molecule has 8 heteroatoms. The molecule has 1 saturated heterocycles. The summed E-state index contributed by atoms with van der Waals surface area (Å²) in [7, 11) is 1.40. The predicted octanol–water partition coefficient (Wildman–Crippen LogP) is 2.65. The van der Waals surface area contributed by atoms with Gasteiger partial charge in [0.25, 0.3) is 5.69 Å². The number of non-ortho nitro benzene ring substituents is 1. The second-order valence-corrected chi connectivity index (χ2v) is 7.48. The van der Waals surface area contributed by atoms with Crippen LogP contribution in [0.4, 0.5) is 11.4 Å². The molecule has 3 rings (SSSR count). The van der Waals surface area contributed by atoms with Crippen LogP contribution in [0.15, 0.2) is 18.2 Å². The lowest BCUT2D eigenvalue weighted by molar-refractivity contribution is -0.384. The first-order chi connectivity index (χ1) is 12.9. The first-order valence-corrected chi connectivity index (χ1v) is 9.32. The van der Waals surface area contributed by atoms with Gasteiger partial charge in [-0.05, 0) is 37.7 Å². The lowest BCUT2D eigenvalue weighted by Crippen LogP contribution is -2.41. The summed E-state index contributed by atoms with van der Waals surface area (Å²) in [5.41, 5.74) is 0.345. The van der Waals surface area contributed by atoms with Gasteiger partial charge in [0.1, 0.15) is 5.75 Å². The van der Waals surface area contributed by atoms with Gasteiger partial charge in [-0.3, -0.25) is 19.7 Å². The number of benzene rings is 1. The highest BCUT2D eigenvalue weighted by Crippen LogP contribution is 2.36. The molecule has 27 heavy (non-hydrogen) atoms. The number of methoxy groups -OCH3 is 1. The molecule has 1 aromatic carbocycles. The number of nitrogens with zero attached hydrogens (tertiary/aromatic N) is 2. The number of nitrogens with one attached hydrogen (secondary N) is 1. The number of rotatable bonds is 5. The van der Waals surface area contributed by atoms with Gasteiger partial charge in [-0.2, -0.15) is 0 Å². The van der Waals surface area contributed by atoms with E-state index in [2.05, 4.69) is 12.2 Å². The lowest BCUT2D eigenvalue weighted by atomic mass is 9.87. The topological polar surface area (TPSA) is 102 Å². The molecule has 2 aliphatic rings. The van der Waals surface area contributed by atoms with Crippen molar-refractivity contribution in [2.24, 2.45) is 11.8 Å². The van der Waals surface area contributed by atoms with E-state index in [9.17, 15) is 19.7 Å². The summed E-state index contributed by atoms with van der Waals surface area (Å²) in [5.74, 6) is 0.263. The first kappa shape index (κ1) is 19.1. The molecule has 8 nitrogen and oxygen atoms in total. The number of anilines is 1. The summed E-state index contributed by atoms with van der Waals surface area (Å²) < 4.78 is 5.23. The molecule has 1 saturated carbocycles. The minimum absolute atomic E-state index is 0.0914. The standard InChI is InChI=1S/C19H25N3O5/c1-12-3-5-14(6-4-12)20-19(24)13-9-18(23)21(11-13)16-8-7-15(22(25)26)10-17(16)27-2/h7-8,10,12-14H,3-6,9,11H2,1-2H3,(H,20,24)/t12?,13-,14?/m1/s1. The zero-order valence-electron chi connectivity index (χ0n) is 15.6. The van der Waals surface area contributed by atoms with Gasteiger partial charge in [0.15, 0.2) is 0 Å². The van der Waals surface area contributed by atoms with Crippen molar-refractivity contribution in [1.82, 2.24) is 5.32 Å². The van der Waals surface area contributed by atoms with Crippen molar-refractivity contribution in [3.05, 3.63) is 28.3 Å². The Labute approximate surface area is 158 Å². The van der Waals surface area contributed by atoms with Gasteiger partial charge in [0, 0.05) is 25.1 Å². The fourth-order valence-corrected chi connectivity index (χ4v) is 3.84. The Bertz CT molecular complexity index is 743. The molecule has 1 aliphatic carbocycles. The van der Waals surface area contributed by atoms with Crippen LogP contribution in [0, 0.1) is 22.0 Å². The Morgan fingerprint density at radius 2 is 2.00 bits per heavy atom. The van der Waals surface area contributed by atoms with Crippen LogP contribution in [0.1, 0.15) is 39.0 Å². The lowest BCUT2D eigenvalue weighted by Gasteiger charge is -2.27. The Hall–Kier alpha value is -2.64. The summed E-state index contributed by atoms with van der Waals surface area (Å²) >= 11 is 0. The summed E-state index contributed by atoms with van der Waals surface area (Å²) in [5, 5.41) is 14.0. The van der Waals surface area contributed by atoms with Crippen LogP contribution < -0.4 is 15.0 Å². The van der Waals surface area contributed by atoms with E-state index in [0.717, 1.165) is 25.7 Å². The molecular weight excluding hydrogens is 350 g/mol. The zero-order chi connectivity index (χ0) is 19.6. The molecule has 2 amide bonds. The van der Waals surface area contributed by atoms with Gasteiger partial charge >= 0.3 is 0 Å². The maximum absolute atomic E-state index is 12.6. The molecule has 1 aliphatic heterocycles. The van der Waals surface area contributed by atoms with Gasteiger partial charge in [-0.25, -0.2) is 0 Å². The third kappa shape index (κ3) is 4.20. The van der Waals surface area contributed by atoms with Crippen molar-refractivity contribution in [2.45, 2.75) is 45.1 Å². The van der Waals surface area contributed by atoms with E-state index in [1.54, 1.807) is 0 Å². The number of hydrogen-bond donors (Lipinski definition) is 1. The summed E-state index contributed by atoms with van der Waals surface area (Å²) in [6.45, 7) is 2.48. The fourth-order valence-electron chi connectivity index (χ4n) is 3.84. The van der Waals surface area contributed by atoms with Crippen molar-refractivity contribution in [2.75, 3.05) is 18.6 Å². The van der Waals surface area contributed by atoms with Crippen LogP contribution in [0.5, 0.6) is 5.75 Å². The second-order valence-electron chi connectivity index (χ2n) is 7.48. The molecule has 1 N–H and O–H groups in total. The van der Waals surface area contributed by atoms with Gasteiger partial charge in [-0.1, -0.05) is 6.92 Å². The molecule has 0 bridgehead atoms. The summed E-state index contributed by atoms with van der Waals surface area (Å²) in [4.78, 5) is 37.0. The number of nitro benzene ring substituents is 1. The molecule has 0 unspecified atom stereocenters. The number of hydrogen-bond acceptors (Lipinski definition) is 5. The van der Waals surface area contributed by atoms with Crippen molar-refractivity contribution < 1.29 is 19.2 Å². The van der Waals surface area contributed by atoms with Gasteiger partial charge < -0.3 is 15.0 Å². The van der Waals surface area contributed by atoms with Crippen LogP contribution in [-0.4, -0.2) is 36.4 Å². The van der Waals surface area contributed by atoms with E-state index < -0.39 is 10.8 Å². The largest absolute Gasteiger partial charge is 0.494 e. The number of ether oxygens (including phenoxy) is 1. The van der Waals surface area contributed by atoms with Crippen molar-refractivity contribution in [3.8, 4) is 5.75 Å². The average molecular weight is 375 g/mol. The van der Waals surface area contributed by atoms with E-state index in [0.29, 0.717) is 11.6 Å². The fraction of sp³-hybridized carbons (Fsp3) is 0.579. The maximum Gasteiger partial charge on any atom is 0.273 e. The van der Waals surface area contributed by atoms with Crippen LogP contribution in [0.2, 0.25) is 0 Å². The van der Waals surface area contributed by atoms with Crippen molar-refractivity contribution >= 4 is 23.2 Å². The van der Waals surface area contributed by atoms with E-state index in [1.165, 1.54) is 30.2 Å². The maximum atomic E-state index is 12.6. The van der Waals surface area contributed by atoms with E-state index in [1.807, 2.05) is 0 Å².